The van der Waals surface area contributed by atoms with Crippen LogP contribution in [0.15, 0.2) is 24.3 Å². The van der Waals surface area contributed by atoms with Gasteiger partial charge in [0, 0.05) is 0 Å². The van der Waals surface area contributed by atoms with Gasteiger partial charge in [-0.2, -0.15) is 13.2 Å². The van der Waals surface area contributed by atoms with Crippen LogP contribution in [0.1, 0.15) is 27.7 Å². The molecule has 0 saturated heterocycles. The molecule has 0 spiro atoms. The minimum Gasteiger partial charge on any atom is -0.271 e. The van der Waals surface area contributed by atoms with Gasteiger partial charge in [0.15, 0.2) is 0 Å². The quantitative estimate of drug-likeness (QED) is 0.672. The van der Waals surface area contributed by atoms with Crippen molar-refractivity contribution in [2.45, 2.75) is 19.1 Å². The number of halogens is 3. The summed E-state index contributed by atoms with van der Waals surface area (Å²) in [6, 6.07) is 4.48. The number of nitrogens with two attached hydrogens (primary N) is 1. The topological polar surface area (TPSA) is 63.8 Å². The fraction of sp³-hybridized carbons (Fsp3) is 0.273. The average Bonchev–Trinajstić information content (AvgIpc) is 2.76. The molecule has 0 aliphatic carbocycles. The summed E-state index contributed by atoms with van der Waals surface area (Å²) < 4.78 is 41.8. The number of benzene rings is 1. The van der Waals surface area contributed by atoms with E-state index in [1.54, 1.807) is 13.0 Å². The molecule has 1 heterocycles. The number of hydrazine groups is 1. The Hall–Kier alpha value is -1.51. The molecule has 3 N–H and O–H groups in total. The fourth-order valence-corrected chi connectivity index (χ4v) is 2.45. The van der Waals surface area contributed by atoms with Crippen LogP contribution in [-0.4, -0.2) is 9.59 Å². The zero-order valence-electron chi connectivity index (χ0n) is 9.90. The first kappa shape index (κ1) is 13.9. The molecule has 19 heavy (non-hydrogen) atoms. The Morgan fingerprint density at radius 2 is 2.11 bits per heavy atom. The lowest BCUT2D eigenvalue weighted by Gasteiger charge is -2.16. The number of rotatable bonds is 3. The summed E-state index contributed by atoms with van der Waals surface area (Å²) in [5.41, 5.74) is 2.86. The van der Waals surface area contributed by atoms with Gasteiger partial charge in [-0.25, -0.2) is 5.43 Å². The van der Waals surface area contributed by atoms with E-state index in [0.29, 0.717) is 16.1 Å². The van der Waals surface area contributed by atoms with Crippen LogP contribution in [0, 0.1) is 6.92 Å². The molecule has 0 fully saturated rings. The molecular formula is C11H11F3N4S. The van der Waals surface area contributed by atoms with Gasteiger partial charge in [0.25, 0.3) is 0 Å². The summed E-state index contributed by atoms with van der Waals surface area (Å²) in [4.78, 5) is 0.696. The van der Waals surface area contributed by atoms with E-state index in [4.69, 9.17) is 5.84 Å². The van der Waals surface area contributed by atoms with Crippen molar-refractivity contribution in [3.05, 3.63) is 46.0 Å². The molecule has 1 aromatic carbocycles. The van der Waals surface area contributed by atoms with E-state index in [1.165, 1.54) is 6.07 Å². The molecular weight excluding hydrogens is 277 g/mol. The molecule has 0 bridgehead atoms. The summed E-state index contributed by atoms with van der Waals surface area (Å²) in [6.07, 6.45) is -4.38. The summed E-state index contributed by atoms with van der Waals surface area (Å²) >= 11 is 1.11. The van der Waals surface area contributed by atoms with Crippen molar-refractivity contribution < 1.29 is 13.2 Å². The van der Waals surface area contributed by atoms with Gasteiger partial charge in [-0.1, -0.05) is 16.6 Å². The van der Waals surface area contributed by atoms with Gasteiger partial charge in [0.1, 0.15) is 0 Å². The number of aromatic nitrogens is 2. The summed E-state index contributed by atoms with van der Waals surface area (Å²) in [6.45, 7) is 1.73. The van der Waals surface area contributed by atoms with Crippen molar-refractivity contribution in [1.29, 1.82) is 0 Å². The first-order valence-electron chi connectivity index (χ1n) is 5.35. The van der Waals surface area contributed by atoms with Crippen molar-refractivity contribution in [1.82, 2.24) is 15.0 Å². The zero-order chi connectivity index (χ0) is 14.0. The van der Waals surface area contributed by atoms with E-state index < -0.39 is 17.8 Å². The van der Waals surface area contributed by atoms with Crippen LogP contribution in [-0.2, 0) is 6.18 Å². The van der Waals surface area contributed by atoms with Gasteiger partial charge in [-0.05, 0) is 36.2 Å². The highest BCUT2D eigenvalue weighted by Crippen LogP contribution is 2.33. The Balaban J connectivity index is 2.42. The number of nitrogens with zero attached hydrogens (tertiary/aromatic N) is 2. The van der Waals surface area contributed by atoms with Crippen LogP contribution < -0.4 is 11.3 Å². The second-order valence-corrected chi connectivity index (χ2v) is 4.73. The SMILES string of the molecule is Cc1nnsc1C(NN)c1cccc(C(F)(F)F)c1. The van der Waals surface area contributed by atoms with Crippen LogP contribution in [0.4, 0.5) is 13.2 Å². The molecule has 1 atom stereocenters. The van der Waals surface area contributed by atoms with E-state index in [1.807, 2.05) is 0 Å². The average molecular weight is 288 g/mol. The van der Waals surface area contributed by atoms with E-state index in [0.717, 1.165) is 23.7 Å². The van der Waals surface area contributed by atoms with Crippen molar-refractivity contribution in [2.75, 3.05) is 0 Å². The smallest absolute Gasteiger partial charge is 0.271 e. The minimum atomic E-state index is -4.38. The minimum absolute atomic E-state index is 0.423. The normalized spacial score (nSPS) is 13.5. The Bertz CT molecular complexity index is 567. The van der Waals surface area contributed by atoms with Crippen molar-refractivity contribution in [2.24, 2.45) is 5.84 Å². The van der Waals surface area contributed by atoms with Crippen LogP contribution >= 0.6 is 11.5 Å². The van der Waals surface area contributed by atoms with Gasteiger partial charge in [-0.3, -0.25) is 5.84 Å². The fourth-order valence-electron chi connectivity index (χ4n) is 1.72. The lowest BCUT2D eigenvalue weighted by Crippen LogP contribution is -2.29. The number of alkyl halides is 3. The molecule has 0 aliphatic rings. The standard InChI is InChI=1S/C11H11F3N4S/c1-6-10(19-18-17-6)9(16-15)7-3-2-4-8(5-7)11(12,13)14/h2-5,9,16H,15H2,1H3. The van der Waals surface area contributed by atoms with Gasteiger partial charge in [0.05, 0.1) is 22.2 Å². The Morgan fingerprint density at radius 1 is 1.37 bits per heavy atom. The molecule has 0 saturated carbocycles. The van der Waals surface area contributed by atoms with Gasteiger partial charge < -0.3 is 0 Å². The largest absolute Gasteiger partial charge is 0.416 e. The highest BCUT2D eigenvalue weighted by atomic mass is 32.1. The summed E-state index contributed by atoms with van der Waals surface area (Å²) in [7, 11) is 0. The summed E-state index contributed by atoms with van der Waals surface area (Å²) in [5, 5.41) is 3.83. The first-order chi connectivity index (χ1) is 8.93. The maximum atomic E-state index is 12.7. The number of hydrogen-bond donors (Lipinski definition) is 2. The Kier molecular flexibility index (Phi) is 3.83. The van der Waals surface area contributed by atoms with Gasteiger partial charge in [-0.15, -0.1) is 5.10 Å². The highest BCUT2D eigenvalue weighted by Gasteiger charge is 2.31. The van der Waals surface area contributed by atoms with Crippen molar-refractivity contribution >= 4 is 11.5 Å². The van der Waals surface area contributed by atoms with E-state index in [9.17, 15) is 13.2 Å². The second-order valence-electron chi connectivity index (χ2n) is 3.95. The molecule has 2 rings (SSSR count). The number of nitrogens with one attached hydrogen (secondary N) is 1. The molecule has 1 aromatic heterocycles. The monoisotopic (exact) mass is 288 g/mol. The van der Waals surface area contributed by atoms with Gasteiger partial charge in [0.2, 0.25) is 0 Å². The maximum absolute atomic E-state index is 12.7. The van der Waals surface area contributed by atoms with Crippen molar-refractivity contribution in [3.8, 4) is 0 Å². The summed E-state index contributed by atoms with van der Waals surface area (Å²) in [5.74, 6) is 5.44. The molecule has 4 nitrogen and oxygen atoms in total. The van der Waals surface area contributed by atoms with Gasteiger partial charge >= 0.3 is 6.18 Å². The second kappa shape index (κ2) is 5.24. The lowest BCUT2D eigenvalue weighted by molar-refractivity contribution is -0.137. The highest BCUT2D eigenvalue weighted by molar-refractivity contribution is 7.05. The molecule has 8 heteroatoms. The third-order valence-electron chi connectivity index (χ3n) is 2.66. The molecule has 0 aliphatic heterocycles. The predicted octanol–water partition coefficient (Wildman–Crippen LogP) is 2.42. The Labute approximate surface area is 111 Å². The maximum Gasteiger partial charge on any atom is 0.416 e. The molecule has 0 radical (unpaired) electrons. The van der Waals surface area contributed by atoms with Crippen LogP contribution in [0.3, 0.4) is 0 Å². The Morgan fingerprint density at radius 3 is 2.63 bits per heavy atom. The molecule has 1 unspecified atom stereocenters. The number of aryl methyl sites for hydroxylation is 1. The van der Waals surface area contributed by atoms with Crippen LogP contribution in [0.5, 0.6) is 0 Å². The van der Waals surface area contributed by atoms with Crippen LogP contribution in [0.25, 0.3) is 0 Å². The lowest BCUT2D eigenvalue weighted by atomic mass is 10.0. The third-order valence-corrected chi connectivity index (χ3v) is 3.55. The third kappa shape index (κ3) is 2.91. The number of hydrogen-bond acceptors (Lipinski definition) is 5. The molecule has 0 amide bonds. The molecule has 102 valence electrons. The predicted molar refractivity (Wildman–Crippen MR) is 65.3 cm³/mol. The van der Waals surface area contributed by atoms with E-state index in [-0.39, 0.29) is 0 Å². The van der Waals surface area contributed by atoms with E-state index >= 15 is 0 Å². The molecule has 2 aromatic rings. The van der Waals surface area contributed by atoms with Crippen molar-refractivity contribution in [3.63, 3.8) is 0 Å². The van der Waals surface area contributed by atoms with E-state index in [2.05, 4.69) is 15.0 Å². The van der Waals surface area contributed by atoms with Crippen LogP contribution in [0.2, 0.25) is 0 Å². The first-order valence-corrected chi connectivity index (χ1v) is 6.13. The zero-order valence-corrected chi connectivity index (χ0v) is 10.7.